The van der Waals surface area contributed by atoms with Crippen LogP contribution < -0.4 is 10.6 Å². The Hall–Kier alpha value is -4.46. The lowest BCUT2D eigenvalue weighted by atomic mass is 9.90. The number of H-pyrrole nitrogens is 1. The average Bonchev–Trinajstić information content (AvgIpc) is 3.67. The first-order valence-corrected chi connectivity index (χ1v) is 13.3. The van der Waals surface area contributed by atoms with E-state index in [-0.39, 0.29) is 30.0 Å². The van der Waals surface area contributed by atoms with E-state index in [1.165, 1.54) is 25.0 Å². The first kappa shape index (κ1) is 24.9. The van der Waals surface area contributed by atoms with Crippen LogP contribution in [-0.4, -0.2) is 40.3 Å². The minimum atomic E-state index is -0.342. The summed E-state index contributed by atoms with van der Waals surface area (Å²) in [6.45, 7) is 0.689. The maximum Gasteiger partial charge on any atom is 0.257 e. The van der Waals surface area contributed by atoms with Gasteiger partial charge in [-0.3, -0.25) is 9.59 Å². The van der Waals surface area contributed by atoms with Gasteiger partial charge in [0.05, 0.1) is 23.4 Å². The molecule has 4 aromatic rings. The zero-order valence-corrected chi connectivity index (χ0v) is 21.7. The summed E-state index contributed by atoms with van der Waals surface area (Å²) < 4.78 is 13.2. The number of para-hydroxylation sites is 1. The van der Waals surface area contributed by atoms with E-state index in [9.17, 15) is 14.0 Å². The molecule has 0 bridgehead atoms. The Balaban J connectivity index is 1.35. The number of carbonyl (C=O) groups is 2. The van der Waals surface area contributed by atoms with Crippen molar-refractivity contribution in [1.29, 1.82) is 0 Å². The molecule has 3 N–H and O–H groups in total. The van der Waals surface area contributed by atoms with E-state index in [0.717, 1.165) is 34.7 Å². The fraction of sp³-hybridized carbons (Fsp3) is 0.258. The molecule has 1 aliphatic heterocycles. The molecule has 2 aromatic carbocycles. The fourth-order valence-electron chi connectivity index (χ4n) is 5.33. The number of hydrogen-bond acceptors (Lipinski definition) is 4. The minimum Gasteiger partial charge on any atom is -0.356 e. The number of likely N-dealkylation sites (N-methyl/N-ethyl adjacent to an activating group) is 1. The molecule has 1 fully saturated rings. The largest absolute Gasteiger partial charge is 0.356 e. The van der Waals surface area contributed by atoms with Gasteiger partial charge < -0.3 is 20.5 Å². The van der Waals surface area contributed by atoms with Crippen LogP contribution in [0.1, 0.15) is 46.8 Å². The number of nitrogens with zero attached hydrogens (tertiary/aromatic N) is 2. The Bertz CT molecular complexity index is 1510. The first-order chi connectivity index (χ1) is 18.9. The highest BCUT2D eigenvalue weighted by atomic mass is 19.1. The van der Waals surface area contributed by atoms with Crippen LogP contribution in [0.25, 0.3) is 11.3 Å². The van der Waals surface area contributed by atoms with E-state index >= 15 is 0 Å². The van der Waals surface area contributed by atoms with Crippen LogP contribution in [0.3, 0.4) is 0 Å². The van der Waals surface area contributed by atoms with Crippen LogP contribution in [-0.2, 0) is 11.2 Å². The van der Waals surface area contributed by atoms with Gasteiger partial charge in [0, 0.05) is 42.7 Å². The molecule has 0 spiro atoms. The van der Waals surface area contributed by atoms with E-state index in [1.807, 2.05) is 48.3 Å². The number of nitrogens with one attached hydrogen (secondary N) is 3. The number of aromatic amines is 1. The fourth-order valence-corrected chi connectivity index (χ4v) is 5.33. The van der Waals surface area contributed by atoms with Crippen molar-refractivity contribution in [2.45, 2.75) is 31.6 Å². The Morgan fingerprint density at radius 2 is 1.87 bits per heavy atom. The number of amides is 2. The molecule has 8 heteroatoms. The lowest BCUT2D eigenvalue weighted by Crippen LogP contribution is -2.37. The van der Waals surface area contributed by atoms with Crippen LogP contribution in [0.15, 0.2) is 72.9 Å². The lowest BCUT2D eigenvalue weighted by molar-refractivity contribution is -0.115. The Kier molecular flexibility index (Phi) is 6.60. The van der Waals surface area contributed by atoms with Crippen LogP contribution >= 0.6 is 0 Å². The van der Waals surface area contributed by atoms with Gasteiger partial charge in [0.25, 0.3) is 5.91 Å². The van der Waals surface area contributed by atoms with Gasteiger partial charge >= 0.3 is 0 Å². The molecule has 3 heterocycles. The maximum absolute atomic E-state index is 13.5. The number of fused-ring (bicyclic) bond motifs is 1. The Labute approximate surface area is 226 Å². The van der Waals surface area contributed by atoms with Gasteiger partial charge in [0.15, 0.2) is 0 Å². The van der Waals surface area contributed by atoms with E-state index in [4.69, 9.17) is 0 Å². The minimum absolute atomic E-state index is 0.0140. The summed E-state index contributed by atoms with van der Waals surface area (Å²) in [4.78, 5) is 36.0. The number of hydrogen-bond donors (Lipinski definition) is 3. The lowest BCUT2D eigenvalue weighted by Gasteiger charge is -2.30. The van der Waals surface area contributed by atoms with E-state index < -0.39 is 0 Å². The van der Waals surface area contributed by atoms with Crippen LogP contribution in [0.2, 0.25) is 0 Å². The van der Waals surface area contributed by atoms with E-state index in [1.54, 1.807) is 24.4 Å². The summed E-state index contributed by atoms with van der Waals surface area (Å²) >= 11 is 0. The summed E-state index contributed by atoms with van der Waals surface area (Å²) in [6.07, 6.45) is 5.30. The summed E-state index contributed by atoms with van der Waals surface area (Å²) in [5.41, 5.74) is 5.54. The van der Waals surface area contributed by atoms with Crippen molar-refractivity contribution in [3.8, 4) is 11.3 Å². The molecule has 0 saturated heterocycles. The molecule has 1 atom stereocenters. The van der Waals surface area contributed by atoms with Crippen LogP contribution in [0, 0.1) is 11.7 Å². The van der Waals surface area contributed by atoms with Crippen molar-refractivity contribution >= 4 is 29.0 Å². The molecule has 39 heavy (non-hydrogen) atoms. The van der Waals surface area contributed by atoms with Crippen molar-refractivity contribution in [3.05, 3.63) is 95.6 Å². The van der Waals surface area contributed by atoms with Crippen molar-refractivity contribution in [2.24, 2.45) is 5.92 Å². The SMILES string of the molecule is CN1C[C@H](CC2CC2)c2[nH]c(-c3ccnc(NC(=O)Cc4ccc(F)cc4)c3)c(Nc3ccccc3)c2C1=O. The maximum atomic E-state index is 13.5. The Morgan fingerprint density at radius 1 is 1.10 bits per heavy atom. The first-order valence-electron chi connectivity index (χ1n) is 13.3. The zero-order valence-electron chi connectivity index (χ0n) is 21.7. The molecule has 2 amide bonds. The normalized spacial score (nSPS) is 16.6. The number of rotatable bonds is 8. The van der Waals surface area contributed by atoms with Gasteiger partial charge in [0.1, 0.15) is 11.6 Å². The third-order valence-electron chi connectivity index (χ3n) is 7.44. The number of aromatic nitrogens is 2. The van der Waals surface area contributed by atoms with E-state index in [2.05, 4.69) is 20.6 Å². The third kappa shape index (κ3) is 5.41. The summed E-state index contributed by atoms with van der Waals surface area (Å²) in [5.74, 6) is 0.741. The number of pyridine rings is 1. The molecule has 1 saturated carbocycles. The van der Waals surface area contributed by atoms with Gasteiger partial charge in [-0.2, -0.15) is 0 Å². The number of anilines is 3. The highest BCUT2D eigenvalue weighted by Gasteiger charge is 2.38. The molecule has 6 rings (SSSR count). The van der Waals surface area contributed by atoms with Crippen molar-refractivity contribution in [3.63, 3.8) is 0 Å². The van der Waals surface area contributed by atoms with Gasteiger partial charge in [-0.1, -0.05) is 43.2 Å². The number of halogens is 1. The van der Waals surface area contributed by atoms with Crippen molar-refractivity contribution in [2.75, 3.05) is 24.2 Å². The molecule has 198 valence electrons. The zero-order chi connectivity index (χ0) is 26.9. The molecule has 0 unspecified atom stereocenters. The third-order valence-corrected chi connectivity index (χ3v) is 7.44. The van der Waals surface area contributed by atoms with Crippen molar-refractivity contribution in [1.82, 2.24) is 14.9 Å². The molecular formula is C31H30FN5O2. The molecule has 0 radical (unpaired) electrons. The highest BCUT2D eigenvalue weighted by Crippen LogP contribution is 2.46. The standard InChI is InChI=1S/C31H30FN5O2/c1-37-18-22(15-19-7-8-19)28-27(31(37)39)30(34-24-5-3-2-4-6-24)29(36-28)21-13-14-33-25(17-21)35-26(38)16-20-9-11-23(32)12-10-20/h2-6,9-14,17,19,22,34,36H,7-8,15-16,18H2,1H3,(H,33,35,38)/t22-/m0/s1. The quantitative estimate of drug-likeness (QED) is 0.260. The van der Waals surface area contributed by atoms with Gasteiger partial charge in [-0.15, -0.1) is 0 Å². The topological polar surface area (TPSA) is 90.1 Å². The number of benzene rings is 2. The molecule has 7 nitrogen and oxygen atoms in total. The van der Waals surface area contributed by atoms with Crippen LogP contribution in [0.5, 0.6) is 0 Å². The monoisotopic (exact) mass is 523 g/mol. The second-order valence-corrected chi connectivity index (χ2v) is 10.5. The highest BCUT2D eigenvalue weighted by molar-refractivity contribution is 6.06. The summed E-state index contributed by atoms with van der Waals surface area (Å²) in [7, 11) is 1.87. The summed E-state index contributed by atoms with van der Waals surface area (Å²) in [6, 6.07) is 19.3. The molecule has 2 aromatic heterocycles. The average molecular weight is 524 g/mol. The van der Waals surface area contributed by atoms with Crippen molar-refractivity contribution < 1.29 is 14.0 Å². The second kappa shape index (κ2) is 10.4. The predicted octanol–water partition coefficient (Wildman–Crippen LogP) is 6.11. The predicted molar refractivity (Wildman–Crippen MR) is 150 cm³/mol. The smallest absolute Gasteiger partial charge is 0.257 e. The van der Waals surface area contributed by atoms with Gasteiger partial charge in [-0.05, 0) is 54.3 Å². The summed E-state index contributed by atoms with van der Waals surface area (Å²) in [5, 5.41) is 6.35. The molecule has 2 aliphatic rings. The van der Waals surface area contributed by atoms with Gasteiger partial charge in [-0.25, -0.2) is 9.37 Å². The molecule has 1 aliphatic carbocycles. The number of carbonyl (C=O) groups excluding carboxylic acids is 2. The van der Waals surface area contributed by atoms with Gasteiger partial charge in [0.2, 0.25) is 5.91 Å². The molecular weight excluding hydrogens is 493 g/mol. The second-order valence-electron chi connectivity index (χ2n) is 10.5. The Morgan fingerprint density at radius 3 is 2.62 bits per heavy atom. The van der Waals surface area contributed by atoms with Crippen LogP contribution in [0.4, 0.5) is 21.6 Å². The van der Waals surface area contributed by atoms with E-state index in [0.29, 0.717) is 29.4 Å².